The molecule has 22 heavy (non-hydrogen) atoms. The van der Waals surface area contributed by atoms with Gasteiger partial charge in [0.2, 0.25) is 11.8 Å². The molecule has 0 aliphatic carbocycles. The molecule has 1 saturated heterocycles. The van der Waals surface area contributed by atoms with Crippen molar-refractivity contribution in [3.8, 4) is 0 Å². The number of benzene rings is 1. The highest BCUT2D eigenvalue weighted by molar-refractivity contribution is 6.32. The zero-order valence-electron chi connectivity index (χ0n) is 12.6. The molecule has 1 fully saturated rings. The third-order valence-corrected chi connectivity index (χ3v) is 4.57. The maximum Gasteiger partial charge on any atom is 0.227 e. The first kappa shape index (κ1) is 16.8. The summed E-state index contributed by atoms with van der Waals surface area (Å²) in [5, 5.41) is 11.0. The Kier molecular flexibility index (Phi) is 5.08. The van der Waals surface area contributed by atoms with Crippen LogP contribution in [0.5, 0.6) is 0 Å². The van der Waals surface area contributed by atoms with E-state index in [1.165, 1.54) is 0 Å². The number of primary amides is 1. The molecule has 0 saturated carbocycles. The van der Waals surface area contributed by atoms with Crippen molar-refractivity contribution in [3.63, 3.8) is 0 Å². The molecule has 0 bridgehead atoms. The molecule has 1 unspecified atom stereocenters. The van der Waals surface area contributed by atoms with Crippen LogP contribution in [0.3, 0.4) is 0 Å². The Bertz CT molecular complexity index is 591. The smallest absolute Gasteiger partial charge is 0.227 e. The van der Waals surface area contributed by atoms with Crippen molar-refractivity contribution in [2.75, 3.05) is 13.1 Å². The van der Waals surface area contributed by atoms with Crippen molar-refractivity contribution in [2.45, 2.75) is 38.2 Å². The van der Waals surface area contributed by atoms with E-state index in [1.807, 2.05) is 25.1 Å². The maximum absolute atomic E-state index is 12.4. The van der Waals surface area contributed by atoms with E-state index in [1.54, 1.807) is 4.90 Å². The van der Waals surface area contributed by atoms with Gasteiger partial charge in [-0.25, -0.2) is 0 Å². The van der Waals surface area contributed by atoms with Crippen molar-refractivity contribution >= 4 is 23.4 Å². The number of aryl methyl sites for hydroxylation is 1. The molecule has 2 amide bonds. The van der Waals surface area contributed by atoms with E-state index < -0.39 is 11.5 Å². The summed E-state index contributed by atoms with van der Waals surface area (Å²) in [5.74, 6) is -0.659. The minimum Gasteiger partial charge on any atom is -0.388 e. The lowest BCUT2D eigenvalue weighted by Crippen LogP contribution is -2.52. The van der Waals surface area contributed by atoms with Crippen molar-refractivity contribution in [2.24, 2.45) is 5.73 Å². The van der Waals surface area contributed by atoms with Gasteiger partial charge < -0.3 is 15.7 Å². The van der Waals surface area contributed by atoms with Crippen LogP contribution in [0, 0.1) is 6.92 Å². The van der Waals surface area contributed by atoms with E-state index >= 15 is 0 Å². The second-order valence-electron chi connectivity index (χ2n) is 6.01. The molecule has 1 aliphatic heterocycles. The summed E-state index contributed by atoms with van der Waals surface area (Å²) in [5.41, 5.74) is 5.66. The standard InChI is InChI=1S/C16H21ClN2O3/c1-11-4-2-5-12(15(11)17)8-14(21)19-7-3-6-16(22,10-19)9-13(18)20/h2,4-5,22H,3,6-10H2,1H3,(H2,18,20). The molecule has 1 aliphatic rings. The first-order valence-corrected chi connectivity index (χ1v) is 7.71. The summed E-state index contributed by atoms with van der Waals surface area (Å²) in [4.78, 5) is 25.1. The number of carbonyl (C=O) groups is 2. The van der Waals surface area contributed by atoms with Gasteiger partial charge in [-0.2, -0.15) is 0 Å². The van der Waals surface area contributed by atoms with Gasteiger partial charge >= 0.3 is 0 Å². The fourth-order valence-electron chi connectivity index (χ4n) is 2.91. The predicted octanol–water partition coefficient (Wildman–Crippen LogP) is 1.42. The van der Waals surface area contributed by atoms with Crippen LogP contribution < -0.4 is 5.73 Å². The largest absolute Gasteiger partial charge is 0.388 e. The van der Waals surface area contributed by atoms with Crippen LogP contribution in [0.2, 0.25) is 5.02 Å². The normalized spacial score (nSPS) is 21.7. The summed E-state index contributed by atoms with van der Waals surface area (Å²) in [7, 11) is 0. The summed E-state index contributed by atoms with van der Waals surface area (Å²) in [6.07, 6.45) is 1.19. The van der Waals surface area contributed by atoms with Crippen LogP contribution in [-0.2, 0) is 16.0 Å². The molecule has 2 rings (SSSR count). The second kappa shape index (κ2) is 6.67. The Labute approximate surface area is 135 Å². The van der Waals surface area contributed by atoms with Gasteiger partial charge in [-0.05, 0) is 30.9 Å². The molecule has 1 atom stereocenters. The van der Waals surface area contributed by atoms with Gasteiger partial charge in [0.05, 0.1) is 18.4 Å². The quantitative estimate of drug-likeness (QED) is 0.878. The number of halogens is 1. The molecule has 120 valence electrons. The number of nitrogens with zero attached hydrogens (tertiary/aromatic N) is 1. The van der Waals surface area contributed by atoms with E-state index in [0.29, 0.717) is 24.4 Å². The number of hydrogen-bond donors (Lipinski definition) is 2. The molecule has 3 N–H and O–H groups in total. The lowest BCUT2D eigenvalue weighted by Gasteiger charge is -2.38. The predicted molar refractivity (Wildman–Crippen MR) is 84.5 cm³/mol. The number of rotatable bonds is 4. The zero-order chi connectivity index (χ0) is 16.3. The first-order chi connectivity index (χ1) is 10.3. The fourth-order valence-corrected chi connectivity index (χ4v) is 3.11. The number of β-amino-alcohol motifs (C(OH)–C–C–N with tert-alkyl or cyclic N) is 1. The molecule has 6 heteroatoms. The molecule has 0 aromatic heterocycles. The van der Waals surface area contributed by atoms with E-state index in [0.717, 1.165) is 11.1 Å². The molecule has 1 aromatic carbocycles. The molecular weight excluding hydrogens is 304 g/mol. The van der Waals surface area contributed by atoms with Crippen LogP contribution in [0.25, 0.3) is 0 Å². The number of aliphatic hydroxyl groups is 1. The van der Waals surface area contributed by atoms with Gasteiger partial charge in [0.25, 0.3) is 0 Å². The molecule has 1 aromatic rings. The highest BCUT2D eigenvalue weighted by Gasteiger charge is 2.36. The van der Waals surface area contributed by atoms with Gasteiger partial charge in [0, 0.05) is 18.1 Å². The zero-order valence-corrected chi connectivity index (χ0v) is 13.4. The number of nitrogens with two attached hydrogens (primary N) is 1. The summed E-state index contributed by atoms with van der Waals surface area (Å²) >= 11 is 6.22. The van der Waals surface area contributed by atoms with Gasteiger partial charge in [0.1, 0.15) is 0 Å². The number of likely N-dealkylation sites (tertiary alicyclic amines) is 1. The number of amides is 2. The lowest BCUT2D eigenvalue weighted by atomic mass is 9.89. The lowest BCUT2D eigenvalue weighted by molar-refractivity contribution is -0.141. The first-order valence-electron chi connectivity index (χ1n) is 7.33. The van der Waals surface area contributed by atoms with Crippen molar-refractivity contribution in [1.82, 2.24) is 4.90 Å². The molecule has 0 spiro atoms. The van der Waals surface area contributed by atoms with Gasteiger partial charge in [-0.15, -0.1) is 0 Å². The minimum atomic E-state index is -1.21. The van der Waals surface area contributed by atoms with Crippen LogP contribution in [-0.4, -0.2) is 40.5 Å². The SMILES string of the molecule is Cc1cccc(CC(=O)N2CCCC(O)(CC(N)=O)C2)c1Cl. The average molecular weight is 325 g/mol. The van der Waals surface area contributed by atoms with E-state index in [9.17, 15) is 14.7 Å². The maximum atomic E-state index is 12.4. The third-order valence-electron chi connectivity index (χ3n) is 4.02. The van der Waals surface area contributed by atoms with Crippen LogP contribution in [0.4, 0.5) is 0 Å². The summed E-state index contributed by atoms with van der Waals surface area (Å²) < 4.78 is 0. The Morgan fingerprint density at radius 3 is 2.86 bits per heavy atom. The average Bonchev–Trinajstić information content (AvgIpc) is 2.42. The van der Waals surface area contributed by atoms with Gasteiger partial charge in [-0.1, -0.05) is 29.8 Å². The van der Waals surface area contributed by atoms with Crippen LogP contribution >= 0.6 is 11.6 Å². The topological polar surface area (TPSA) is 83.6 Å². The Hall–Kier alpha value is -1.59. The molecule has 1 heterocycles. The highest BCUT2D eigenvalue weighted by Crippen LogP contribution is 2.26. The number of hydrogen-bond acceptors (Lipinski definition) is 3. The minimum absolute atomic E-state index is 0.102. The summed E-state index contributed by atoms with van der Waals surface area (Å²) in [6.45, 7) is 2.60. The number of carbonyl (C=O) groups excluding carboxylic acids is 2. The van der Waals surface area contributed by atoms with E-state index in [4.69, 9.17) is 17.3 Å². The Morgan fingerprint density at radius 1 is 1.45 bits per heavy atom. The van der Waals surface area contributed by atoms with Crippen LogP contribution in [0.15, 0.2) is 18.2 Å². The molecule has 5 nitrogen and oxygen atoms in total. The van der Waals surface area contributed by atoms with Crippen molar-refractivity contribution < 1.29 is 14.7 Å². The Morgan fingerprint density at radius 2 is 2.18 bits per heavy atom. The highest BCUT2D eigenvalue weighted by atomic mass is 35.5. The summed E-state index contributed by atoms with van der Waals surface area (Å²) in [6, 6.07) is 5.58. The third kappa shape index (κ3) is 3.99. The van der Waals surface area contributed by atoms with E-state index in [-0.39, 0.29) is 25.3 Å². The van der Waals surface area contributed by atoms with Crippen molar-refractivity contribution in [3.05, 3.63) is 34.3 Å². The fraction of sp³-hybridized carbons (Fsp3) is 0.500. The molecule has 0 radical (unpaired) electrons. The monoisotopic (exact) mass is 324 g/mol. The second-order valence-corrected chi connectivity index (χ2v) is 6.39. The van der Waals surface area contributed by atoms with Gasteiger partial charge in [0.15, 0.2) is 0 Å². The van der Waals surface area contributed by atoms with Crippen LogP contribution in [0.1, 0.15) is 30.4 Å². The van der Waals surface area contributed by atoms with E-state index in [2.05, 4.69) is 0 Å². The number of piperidine rings is 1. The molecular formula is C16H21ClN2O3. The van der Waals surface area contributed by atoms with Crippen molar-refractivity contribution in [1.29, 1.82) is 0 Å². The Balaban J connectivity index is 2.06. The van der Waals surface area contributed by atoms with Gasteiger partial charge in [-0.3, -0.25) is 9.59 Å².